The van der Waals surface area contributed by atoms with Gasteiger partial charge >= 0.3 is 5.97 Å². The zero-order valence-corrected chi connectivity index (χ0v) is 14.4. The third-order valence-electron chi connectivity index (χ3n) is 4.40. The number of nitrogens with one attached hydrogen (secondary N) is 2. The fraction of sp³-hybridized carbons (Fsp3) is 0.105. The van der Waals surface area contributed by atoms with Gasteiger partial charge in [-0.05, 0) is 35.9 Å². The van der Waals surface area contributed by atoms with Crippen LogP contribution in [0.15, 0.2) is 42.5 Å². The molecule has 3 aromatic rings. The highest BCUT2D eigenvalue weighted by Crippen LogP contribution is 2.38. The summed E-state index contributed by atoms with van der Waals surface area (Å²) in [4.78, 5) is 22.9. The molecule has 0 fully saturated rings. The topological polar surface area (TPSA) is 134 Å². The Morgan fingerprint density at radius 2 is 1.79 bits per heavy atom. The van der Waals surface area contributed by atoms with Crippen LogP contribution in [0.5, 0.6) is 11.5 Å². The van der Waals surface area contributed by atoms with Crippen molar-refractivity contribution in [3.63, 3.8) is 0 Å². The lowest BCUT2D eigenvalue weighted by Gasteiger charge is -2.07. The number of carbonyl (C=O) groups is 2. The van der Waals surface area contributed by atoms with Gasteiger partial charge in [0.2, 0.25) is 12.7 Å². The smallest absolute Gasteiger partial charge is 0.335 e. The van der Waals surface area contributed by atoms with E-state index in [9.17, 15) is 9.59 Å². The molecule has 9 nitrogen and oxygen atoms in total. The molecule has 0 atom stereocenters. The lowest BCUT2D eigenvalue weighted by molar-refractivity contribution is -0.128. The summed E-state index contributed by atoms with van der Waals surface area (Å²) < 4.78 is 10.7. The number of hydrogen-bond donors (Lipinski definition) is 4. The maximum Gasteiger partial charge on any atom is 0.335 e. The van der Waals surface area contributed by atoms with Gasteiger partial charge in [-0.2, -0.15) is 5.10 Å². The van der Waals surface area contributed by atoms with Crippen molar-refractivity contribution < 1.29 is 29.4 Å². The molecule has 4 N–H and O–H groups in total. The first-order valence-electron chi connectivity index (χ1n) is 8.30. The van der Waals surface area contributed by atoms with Crippen molar-refractivity contribution in [2.24, 2.45) is 0 Å². The zero-order chi connectivity index (χ0) is 19.7. The number of hydrogen-bond acceptors (Lipinski definition) is 6. The van der Waals surface area contributed by atoms with Crippen molar-refractivity contribution in [1.29, 1.82) is 0 Å². The van der Waals surface area contributed by atoms with Gasteiger partial charge in [-0.1, -0.05) is 12.1 Å². The predicted octanol–water partition coefficient (Wildman–Crippen LogP) is 2.22. The van der Waals surface area contributed by atoms with E-state index in [1.54, 1.807) is 35.8 Å². The molecule has 0 aliphatic carbocycles. The number of fused-ring (bicyclic) bond motifs is 1. The van der Waals surface area contributed by atoms with E-state index in [1.807, 2.05) is 0 Å². The molecule has 0 saturated carbocycles. The Labute approximate surface area is 158 Å². The van der Waals surface area contributed by atoms with Crippen LogP contribution >= 0.6 is 0 Å². The summed E-state index contributed by atoms with van der Waals surface area (Å²) in [6.07, 6.45) is -0.132. The van der Waals surface area contributed by atoms with Crippen LogP contribution in [0.4, 0.5) is 0 Å². The van der Waals surface area contributed by atoms with Gasteiger partial charge < -0.3 is 14.6 Å². The fourth-order valence-corrected chi connectivity index (χ4v) is 3.04. The maximum atomic E-state index is 11.9. The number of aromatic carboxylic acids is 1. The molecule has 0 saturated heterocycles. The van der Waals surface area contributed by atoms with Crippen LogP contribution in [0, 0.1) is 0 Å². The molecule has 1 amide bonds. The van der Waals surface area contributed by atoms with Crippen LogP contribution in [0.25, 0.3) is 22.5 Å². The van der Waals surface area contributed by atoms with Crippen molar-refractivity contribution in [3.05, 3.63) is 53.6 Å². The molecule has 0 unspecified atom stereocenters. The van der Waals surface area contributed by atoms with Gasteiger partial charge in [0.15, 0.2) is 11.5 Å². The Bertz CT molecular complexity index is 1060. The molecule has 1 aromatic heterocycles. The average Bonchev–Trinajstić information content (AvgIpc) is 3.34. The molecule has 4 rings (SSSR count). The van der Waals surface area contributed by atoms with Crippen LogP contribution in [-0.2, 0) is 11.2 Å². The summed E-state index contributed by atoms with van der Waals surface area (Å²) in [7, 11) is 0. The van der Waals surface area contributed by atoms with E-state index in [0.717, 1.165) is 0 Å². The Balaban J connectivity index is 1.79. The number of carbonyl (C=O) groups excluding carboxylic acids is 1. The molecule has 1 aliphatic rings. The summed E-state index contributed by atoms with van der Waals surface area (Å²) >= 11 is 0. The Hall–Kier alpha value is -3.85. The lowest BCUT2D eigenvalue weighted by atomic mass is 9.98. The molecular weight excluding hydrogens is 366 g/mol. The van der Waals surface area contributed by atoms with Crippen LogP contribution < -0.4 is 15.0 Å². The summed E-state index contributed by atoms with van der Waals surface area (Å²) in [5.41, 5.74) is 4.74. The molecule has 0 radical (unpaired) electrons. The number of nitrogens with zero attached hydrogens (tertiary/aromatic N) is 1. The number of rotatable bonds is 5. The normalized spacial score (nSPS) is 12.0. The lowest BCUT2D eigenvalue weighted by Crippen LogP contribution is -2.21. The summed E-state index contributed by atoms with van der Waals surface area (Å²) in [6, 6.07) is 11.5. The second kappa shape index (κ2) is 7.05. The van der Waals surface area contributed by atoms with Crippen LogP contribution in [0.1, 0.15) is 15.9 Å². The molecule has 2 aromatic carbocycles. The molecule has 28 heavy (non-hydrogen) atoms. The highest BCUT2D eigenvalue weighted by atomic mass is 16.7. The zero-order valence-electron chi connectivity index (χ0n) is 14.4. The third kappa shape index (κ3) is 3.14. The van der Waals surface area contributed by atoms with Crippen LogP contribution in [-0.4, -0.2) is 39.2 Å². The van der Waals surface area contributed by atoms with E-state index < -0.39 is 11.9 Å². The Morgan fingerprint density at radius 1 is 1.07 bits per heavy atom. The number of ether oxygens (including phenoxy) is 2. The molecule has 2 heterocycles. The van der Waals surface area contributed by atoms with E-state index in [2.05, 4.69) is 10.2 Å². The van der Waals surface area contributed by atoms with Crippen LogP contribution in [0.3, 0.4) is 0 Å². The van der Waals surface area contributed by atoms with E-state index >= 15 is 0 Å². The van der Waals surface area contributed by atoms with Crippen molar-refractivity contribution in [1.82, 2.24) is 15.7 Å². The minimum absolute atomic E-state index is 0.132. The van der Waals surface area contributed by atoms with Gasteiger partial charge in [-0.3, -0.25) is 15.1 Å². The summed E-state index contributed by atoms with van der Waals surface area (Å²) in [5.74, 6) is -0.437. The SMILES string of the molecule is O=C(Cc1c(-c2ccc3c(c2)OCO3)n[nH]c1-c1ccc(C(=O)O)cc1)NO. The molecule has 142 valence electrons. The number of amides is 1. The van der Waals surface area contributed by atoms with Crippen molar-refractivity contribution >= 4 is 11.9 Å². The first-order valence-corrected chi connectivity index (χ1v) is 8.30. The monoisotopic (exact) mass is 381 g/mol. The number of benzene rings is 2. The number of aromatic nitrogens is 2. The number of carboxylic acids is 1. The van der Waals surface area contributed by atoms with Gasteiger partial charge in [0, 0.05) is 11.1 Å². The molecule has 9 heteroatoms. The third-order valence-corrected chi connectivity index (χ3v) is 4.40. The molecule has 0 bridgehead atoms. The second-order valence-corrected chi connectivity index (χ2v) is 6.09. The van der Waals surface area contributed by atoms with E-state index in [1.165, 1.54) is 12.1 Å². The van der Waals surface area contributed by atoms with Gasteiger partial charge in [-0.15, -0.1) is 0 Å². The first-order chi connectivity index (χ1) is 13.6. The Kier molecular flexibility index (Phi) is 4.42. The highest BCUT2D eigenvalue weighted by Gasteiger charge is 2.21. The molecule has 1 aliphatic heterocycles. The van der Waals surface area contributed by atoms with Gasteiger partial charge in [0.25, 0.3) is 0 Å². The number of aromatic amines is 1. The van der Waals surface area contributed by atoms with E-state index in [0.29, 0.717) is 39.6 Å². The molecule has 0 spiro atoms. The minimum Gasteiger partial charge on any atom is -0.478 e. The van der Waals surface area contributed by atoms with Gasteiger partial charge in [-0.25, -0.2) is 10.3 Å². The number of hydroxylamine groups is 1. The van der Waals surface area contributed by atoms with Crippen molar-refractivity contribution in [2.75, 3.05) is 6.79 Å². The highest BCUT2D eigenvalue weighted by molar-refractivity contribution is 5.89. The number of carboxylic acid groups (broad SMARTS) is 1. The largest absolute Gasteiger partial charge is 0.478 e. The van der Waals surface area contributed by atoms with E-state index in [4.69, 9.17) is 19.8 Å². The fourth-order valence-electron chi connectivity index (χ4n) is 3.04. The second-order valence-electron chi connectivity index (χ2n) is 6.09. The van der Waals surface area contributed by atoms with Crippen molar-refractivity contribution in [2.45, 2.75) is 6.42 Å². The quantitative estimate of drug-likeness (QED) is 0.393. The van der Waals surface area contributed by atoms with Gasteiger partial charge in [0.1, 0.15) is 0 Å². The standard InChI is InChI=1S/C19H15N3O6/c23-16(22-26)8-13-17(10-1-3-11(4-2-10)19(24)25)20-21-18(13)12-5-6-14-15(7-12)28-9-27-14/h1-7,26H,8-9H2,(H,20,21)(H,22,23)(H,24,25). The summed E-state index contributed by atoms with van der Waals surface area (Å²) in [5, 5.41) is 25.2. The Morgan fingerprint density at radius 3 is 2.50 bits per heavy atom. The van der Waals surface area contributed by atoms with Gasteiger partial charge in [0.05, 0.1) is 23.4 Å². The van der Waals surface area contributed by atoms with E-state index in [-0.39, 0.29) is 18.8 Å². The molecular formula is C19H15N3O6. The summed E-state index contributed by atoms with van der Waals surface area (Å²) in [6.45, 7) is 0.139. The van der Waals surface area contributed by atoms with Crippen LogP contribution in [0.2, 0.25) is 0 Å². The van der Waals surface area contributed by atoms with Crippen molar-refractivity contribution in [3.8, 4) is 34.0 Å². The predicted molar refractivity (Wildman–Crippen MR) is 96.2 cm³/mol. The maximum absolute atomic E-state index is 11.9. The minimum atomic E-state index is -1.03. The number of H-pyrrole nitrogens is 1. The average molecular weight is 381 g/mol. The first kappa shape index (κ1) is 17.6.